The molecular weight excluding hydrogens is 386 g/mol. The minimum atomic E-state index is -0.282. The van der Waals surface area contributed by atoms with Crippen molar-refractivity contribution in [2.75, 3.05) is 5.32 Å². The van der Waals surface area contributed by atoms with E-state index < -0.39 is 0 Å². The number of aryl methyl sites for hydroxylation is 3. The number of carbonyl (C=O) groups excluding carboxylic acids is 1. The number of fused-ring (bicyclic) bond motifs is 2. The monoisotopic (exact) mass is 405 g/mol. The van der Waals surface area contributed by atoms with Crippen molar-refractivity contribution in [3.05, 3.63) is 80.7 Å². The predicted molar refractivity (Wildman–Crippen MR) is 118 cm³/mol. The molecule has 0 bridgehead atoms. The minimum Gasteiger partial charge on any atom is -0.345 e. The quantitative estimate of drug-likeness (QED) is 0.516. The van der Waals surface area contributed by atoms with E-state index in [4.69, 9.17) is 11.6 Å². The van der Waals surface area contributed by atoms with Gasteiger partial charge in [-0.05, 0) is 62.7 Å². The lowest BCUT2D eigenvalue weighted by atomic mass is 10.1. The second kappa shape index (κ2) is 7.33. The van der Waals surface area contributed by atoms with Crippen LogP contribution in [0.5, 0.6) is 0 Å². The van der Waals surface area contributed by atoms with Crippen molar-refractivity contribution in [3.8, 4) is 0 Å². The summed E-state index contributed by atoms with van der Waals surface area (Å²) < 4.78 is 2.06. The molecule has 0 aliphatic heterocycles. The first-order valence-electron chi connectivity index (χ1n) is 9.40. The number of hydrogen-bond donors (Lipinski definition) is 1. The van der Waals surface area contributed by atoms with Crippen LogP contribution >= 0.6 is 11.6 Å². The number of amides is 1. The van der Waals surface area contributed by atoms with E-state index in [0.29, 0.717) is 21.7 Å². The highest BCUT2D eigenvalue weighted by atomic mass is 35.5. The van der Waals surface area contributed by atoms with Gasteiger partial charge in [0.25, 0.3) is 5.91 Å². The number of anilines is 1. The Morgan fingerprint density at radius 2 is 1.90 bits per heavy atom. The van der Waals surface area contributed by atoms with Gasteiger partial charge < -0.3 is 9.88 Å². The van der Waals surface area contributed by atoms with E-state index >= 15 is 0 Å². The van der Waals surface area contributed by atoms with Gasteiger partial charge in [0.1, 0.15) is 0 Å². The largest absolute Gasteiger partial charge is 0.345 e. The van der Waals surface area contributed by atoms with Gasteiger partial charge in [-0.3, -0.25) is 14.6 Å². The molecule has 0 atom stereocenters. The molecule has 6 heteroatoms. The van der Waals surface area contributed by atoms with Crippen LogP contribution < -0.4 is 10.7 Å². The maximum Gasteiger partial charge on any atom is 0.255 e. The molecule has 0 saturated heterocycles. The highest BCUT2D eigenvalue weighted by Crippen LogP contribution is 2.29. The van der Waals surface area contributed by atoms with E-state index in [1.54, 1.807) is 36.5 Å². The summed E-state index contributed by atoms with van der Waals surface area (Å²) in [6.45, 7) is 6.58. The van der Waals surface area contributed by atoms with Gasteiger partial charge in [-0.25, -0.2) is 0 Å². The molecule has 0 radical (unpaired) electrons. The Morgan fingerprint density at radius 1 is 1.10 bits per heavy atom. The van der Waals surface area contributed by atoms with Gasteiger partial charge >= 0.3 is 0 Å². The zero-order valence-corrected chi connectivity index (χ0v) is 17.2. The summed E-state index contributed by atoms with van der Waals surface area (Å²) >= 11 is 6.19. The van der Waals surface area contributed by atoms with Crippen molar-refractivity contribution >= 4 is 45.0 Å². The van der Waals surface area contributed by atoms with Crippen molar-refractivity contribution in [1.29, 1.82) is 0 Å². The molecule has 2 aromatic heterocycles. The fourth-order valence-electron chi connectivity index (χ4n) is 3.70. The summed E-state index contributed by atoms with van der Waals surface area (Å²) in [6, 6.07) is 12.2. The van der Waals surface area contributed by atoms with Crippen molar-refractivity contribution in [2.24, 2.45) is 0 Å². The molecule has 2 aromatic carbocycles. The van der Waals surface area contributed by atoms with Crippen LogP contribution in [-0.4, -0.2) is 15.5 Å². The summed E-state index contributed by atoms with van der Waals surface area (Å²) in [6.07, 6.45) is 1.64. The van der Waals surface area contributed by atoms with E-state index in [9.17, 15) is 9.59 Å². The molecule has 4 aromatic rings. The van der Waals surface area contributed by atoms with E-state index in [2.05, 4.69) is 14.9 Å². The second-order valence-electron chi connectivity index (χ2n) is 7.01. The summed E-state index contributed by atoms with van der Waals surface area (Å²) in [4.78, 5) is 29.8. The number of benzene rings is 2. The van der Waals surface area contributed by atoms with Crippen LogP contribution in [0.3, 0.4) is 0 Å². The Bertz CT molecular complexity index is 1340. The first-order valence-corrected chi connectivity index (χ1v) is 9.78. The van der Waals surface area contributed by atoms with Crippen molar-refractivity contribution in [2.45, 2.75) is 27.3 Å². The van der Waals surface area contributed by atoms with Crippen LogP contribution in [0.15, 0.2) is 53.5 Å². The Morgan fingerprint density at radius 3 is 2.66 bits per heavy atom. The summed E-state index contributed by atoms with van der Waals surface area (Å²) in [7, 11) is 0. The number of nitrogens with one attached hydrogen (secondary N) is 1. The van der Waals surface area contributed by atoms with Gasteiger partial charge in [0.05, 0.1) is 16.7 Å². The number of hydrogen-bond acceptors (Lipinski definition) is 3. The third-order valence-corrected chi connectivity index (χ3v) is 5.65. The van der Waals surface area contributed by atoms with E-state index in [1.807, 2.05) is 32.9 Å². The lowest BCUT2D eigenvalue weighted by Gasteiger charge is -2.14. The summed E-state index contributed by atoms with van der Waals surface area (Å²) in [5.41, 5.74) is 4.33. The SMILES string of the molecule is CCn1c(C)cc(=O)c2cc(C(=O)Nc3ccnc4c(C)c(Cl)ccc34)ccc21. The third-order valence-electron chi connectivity index (χ3n) is 5.25. The normalized spacial score (nSPS) is 11.2. The molecule has 5 nitrogen and oxygen atoms in total. The lowest BCUT2D eigenvalue weighted by molar-refractivity contribution is 0.102. The Kier molecular flexibility index (Phi) is 4.84. The smallest absolute Gasteiger partial charge is 0.255 e. The standard InChI is InChI=1S/C23H20ClN3O2/c1-4-27-13(2)11-21(28)17-12-15(5-8-20(17)27)23(29)26-19-9-10-25-22-14(3)18(24)7-6-16(19)22/h5-12H,4H2,1-3H3,(H,25,26,29). The van der Waals surface area contributed by atoms with Crippen LogP contribution in [0.1, 0.15) is 28.5 Å². The van der Waals surface area contributed by atoms with Gasteiger partial charge in [0.2, 0.25) is 0 Å². The van der Waals surface area contributed by atoms with Crippen LogP contribution in [-0.2, 0) is 6.54 Å². The average molecular weight is 406 g/mol. The predicted octanol–water partition coefficient (Wildman–Crippen LogP) is 5.09. The average Bonchev–Trinajstić information content (AvgIpc) is 2.71. The van der Waals surface area contributed by atoms with Gasteiger partial charge in [-0.2, -0.15) is 0 Å². The number of halogens is 1. The van der Waals surface area contributed by atoms with Crippen LogP contribution in [0, 0.1) is 13.8 Å². The highest BCUT2D eigenvalue weighted by molar-refractivity contribution is 6.32. The fraction of sp³-hybridized carbons (Fsp3) is 0.174. The zero-order chi connectivity index (χ0) is 20.7. The van der Waals surface area contributed by atoms with E-state index in [-0.39, 0.29) is 11.3 Å². The van der Waals surface area contributed by atoms with Crippen LogP contribution in [0.25, 0.3) is 21.8 Å². The molecule has 0 aliphatic rings. The molecule has 0 unspecified atom stereocenters. The first-order chi connectivity index (χ1) is 13.9. The molecule has 1 N–H and O–H groups in total. The van der Waals surface area contributed by atoms with Gasteiger partial charge in [0, 0.05) is 45.9 Å². The Labute approximate surface area is 173 Å². The molecule has 0 fully saturated rings. The fourth-order valence-corrected chi connectivity index (χ4v) is 3.86. The minimum absolute atomic E-state index is 0.0866. The highest BCUT2D eigenvalue weighted by Gasteiger charge is 2.13. The molecule has 0 aliphatic carbocycles. The van der Waals surface area contributed by atoms with Crippen LogP contribution in [0.2, 0.25) is 5.02 Å². The molecule has 0 spiro atoms. The number of aromatic nitrogens is 2. The maximum absolute atomic E-state index is 12.9. The molecule has 29 heavy (non-hydrogen) atoms. The summed E-state index contributed by atoms with van der Waals surface area (Å²) in [5.74, 6) is -0.282. The van der Waals surface area contributed by atoms with Gasteiger partial charge in [0.15, 0.2) is 5.43 Å². The molecule has 1 amide bonds. The topological polar surface area (TPSA) is 64.0 Å². The number of pyridine rings is 2. The van der Waals surface area contributed by atoms with Crippen molar-refractivity contribution < 1.29 is 4.79 Å². The first kappa shape index (κ1) is 19.2. The molecule has 146 valence electrons. The Hall–Kier alpha value is -3.18. The van der Waals surface area contributed by atoms with E-state index in [1.165, 1.54) is 0 Å². The summed E-state index contributed by atoms with van der Waals surface area (Å²) in [5, 5.41) is 4.92. The number of nitrogens with zero attached hydrogens (tertiary/aromatic N) is 2. The second-order valence-corrected chi connectivity index (χ2v) is 7.41. The van der Waals surface area contributed by atoms with Gasteiger partial charge in [-0.15, -0.1) is 0 Å². The Balaban J connectivity index is 1.76. The van der Waals surface area contributed by atoms with Crippen molar-refractivity contribution in [3.63, 3.8) is 0 Å². The molecule has 2 heterocycles. The van der Waals surface area contributed by atoms with Crippen LogP contribution in [0.4, 0.5) is 5.69 Å². The molecular formula is C23H20ClN3O2. The van der Waals surface area contributed by atoms with Gasteiger partial charge in [-0.1, -0.05) is 11.6 Å². The van der Waals surface area contributed by atoms with E-state index in [0.717, 1.165) is 34.2 Å². The lowest BCUT2D eigenvalue weighted by Crippen LogP contribution is -2.15. The number of rotatable bonds is 3. The third kappa shape index (κ3) is 3.28. The number of carbonyl (C=O) groups is 1. The zero-order valence-electron chi connectivity index (χ0n) is 16.4. The molecule has 0 saturated carbocycles. The van der Waals surface area contributed by atoms with Crippen molar-refractivity contribution in [1.82, 2.24) is 9.55 Å². The molecule has 4 rings (SSSR count). The maximum atomic E-state index is 12.9.